The van der Waals surface area contributed by atoms with Crippen molar-refractivity contribution in [2.75, 3.05) is 7.11 Å². The van der Waals surface area contributed by atoms with E-state index in [1.807, 2.05) is 4.68 Å². The molecule has 0 bridgehead atoms. The molecule has 0 N–H and O–H groups in total. The summed E-state index contributed by atoms with van der Waals surface area (Å²) in [5, 5.41) is 4.20. The lowest BCUT2D eigenvalue weighted by atomic mass is 10.1. The van der Waals surface area contributed by atoms with Crippen molar-refractivity contribution in [2.45, 2.75) is 39.2 Å². The van der Waals surface area contributed by atoms with Crippen LogP contribution in [0.15, 0.2) is 10.7 Å². The van der Waals surface area contributed by atoms with Gasteiger partial charge in [0.05, 0.1) is 29.9 Å². The first kappa shape index (κ1) is 14.9. The quantitative estimate of drug-likeness (QED) is 0.723. The first-order valence-electron chi connectivity index (χ1n) is 5.87. The molecule has 1 rings (SSSR count). The summed E-state index contributed by atoms with van der Waals surface area (Å²) >= 11 is 3.38. The van der Waals surface area contributed by atoms with Crippen molar-refractivity contribution in [3.05, 3.63) is 16.4 Å². The van der Waals surface area contributed by atoms with Crippen LogP contribution in [0.3, 0.4) is 0 Å². The molecule has 0 radical (unpaired) electrons. The van der Waals surface area contributed by atoms with Crippen molar-refractivity contribution in [1.82, 2.24) is 9.78 Å². The van der Waals surface area contributed by atoms with Gasteiger partial charge in [-0.25, -0.2) is 0 Å². The van der Waals surface area contributed by atoms with Gasteiger partial charge >= 0.3 is 5.97 Å². The molecule has 0 saturated carbocycles. The Morgan fingerprint density at radius 1 is 1.44 bits per heavy atom. The van der Waals surface area contributed by atoms with Gasteiger partial charge in [0.1, 0.15) is 5.78 Å². The van der Waals surface area contributed by atoms with E-state index in [1.54, 1.807) is 6.20 Å². The van der Waals surface area contributed by atoms with Gasteiger partial charge in [-0.05, 0) is 22.4 Å². The van der Waals surface area contributed by atoms with Crippen LogP contribution in [0.25, 0.3) is 0 Å². The number of ketones is 1. The van der Waals surface area contributed by atoms with Crippen LogP contribution in [-0.2, 0) is 27.3 Å². The van der Waals surface area contributed by atoms with Gasteiger partial charge in [0.15, 0.2) is 0 Å². The second-order valence-corrected chi connectivity index (χ2v) is 4.81. The summed E-state index contributed by atoms with van der Waals surface area (Å²) in [6, 6.07) is 0. The molecule has 0 aliphatic carbocycles. The highest BCUT2D eigenvalue weighted by atomic mass is 79.9. The van der Waals surface area contributed by atoms with Crippen molar-refractivity contribution in [1.29, 1.82) is 0 Å². The van der Waals surface area contributed by atoms with Gasteiger partial charge in [-0.1, -0.05) is 6.92 Å². The number of ether oxygens (including phenoxy) is 1. The molecule has 1 aromatic heterocycles. The third-order valence-electron chi connectivity index (χ3n) is 2.53. The number of carbonyl (C=O) groups excluding carboxylic acids is 2. The maximum Gasteiger partial charge on any atom is 0.305 e. The molecule has 18 heavy (non-hydrogen) atoms. The van der Waals surface area contributed by atoms with E-state index < -0.39 is 0 Å². The highest BCUT2D eigenvalue weighted by molar-refractivity contribution is 9.10. The number of esters is 1. The van der Waals surface area contributed by atoms with E-state index in [0.717, 1.165) is 23.1 Å². The highest BCUT2D eigenvalue weighted by Crippen LogP contribution is 2.18. The fourth-order valence-electron chi connectivity index (χ4n) is 1.59. The lowest BCUT2D eigenvalue weighted by molar-refractivity contribution is -0.141. The topological polar surface area (TPSA) is 61.2 Å². The number of halogens is 1. The van der Waals surface area contributed by atoms with Gasteiger partial charge in [-0.2, -0.15) is 5.10 Å². The largest absolute Gasteiger partial charge is 0.469 e. The Balaban J connectivity index is 2.58. The van der Waals surface area contributed by atoms with E-state index in [0.29, 0.717) is 0 Å². The number of Topliss-reactive ketones (excluding diaryl/α,β-unsaturated/α-hetero) is 1. The average Bonchev–Trinajstić information content (AvgIpc) is 2.69. The smallest absolute Gasteiger partial charge is 0.305 e. The Kier molecular flexibility index (Phi) is 6.04. The second kappa shape index (κ2) is 7.31. The maximum absolute atomic E-state index is 11.8. The van der Waals surface area contributed by atoms with Crippen LogP contribution in [0.4, 0.5) is 0 Å². The molecular weight excluding hydrogens is 300 g/mol. The zero-order chi connectivity index (χ0) is 13.5. The van der Waals surface area contributed by atoms with Crippen LogP contribution in [0.1, 0.15) is 31.9 Å². The van der Waals surface area contributed by atoms with Crippen molar-refractivity contribution < 1.29 is 14.3 Å². The molecule has 1 aromatic rings. The summed E-state index contributed by atoms with van der Waals surface area (Å²) in [5.41, 5.74) is 0.867. The molecule has 1 heterocycles. The molecule has 5 nitrogen and oxygen atoms in total. The average molecular weight is 317 g/mol. The van der Waals surface area contributed by atoms with Crippen LogP contribution in [0.2, 0.25) is 0 Å². The van der Waals surface area contributed by atoms with E-state index in [1.165, 1.54) is 7.11 Å². The van der Waals surface area contributed by atoms with E-state index >= 15 is 0 Å². The molecule has 0 aromatic carbocycles. The number of methoxy groups -OCH3 is 1. The minimum Gasteiger partial charge on any atom is -0.469 e. The van der Waals surface area contributed by atoms with Gasteiger partial charge in [0.2, 0.25) is 0 Å². The summed E-state index contributed by atoms with van der Waals surface area (Å²) in [6.45, 7) is 2.84. The third-order valence-corrected chi connectivity index (χ3v) is 3.20. The number of aromatic nitrogens is 2. The van der Waals surface area contributed by atoms with Crippen LogP contribution in [0.5, 0.6) is 0 Å². The normalized spacial score (nSPS) is 10.4. The lowest BCUT2D eigenvalue weighted by Crippen LogP contribution is -2.12. The van der Waals surface area contributed by atoms with E-state index in [2.05, 4.69) is 32.7 Å². The zero-order valence-corrected chi connectivity index (χ0v) is 12.2. The number of hydrogen-bond acceptors (Lipinski definition) is 4. The summed E-state index contributed by atoms with van der Waals surface area (Å²) in [4.78, 5) is 22.7. The molecule has 0 saturated heterocycles. The van der Waals surface area contributed by atoms with Gasteiger partial charge in [-0.3, -0.25) is 14.3 Å². The predicted molar refractivity (Wildman–Crippen MR) is 70.2 cm³/mol. The predicted octanol–water partition coefficient (Wildman–Crippen LogP) is 2.12. The number of rotatable bonds is 7. The van der Waals surface area contributed by atoms with Gasteiger partial charge < -0.3 is 4.74 Å². The summed E-state index contributed by atoms with van der Waals surface area (Å²) in [7, 11) is 1.32. The van der Waals surface area contributed by atoms with Gasteiger partial charge in [-0.15, -0.1) is 0 Å². The second-order valence-electron chi connectivity index (χ2n) is 3.95. The minimum absolute atomic E-state index is 0.0129. The van der Waals surface area contributed by atoms with Gasteiger partial charge in [0, 0.05) is 19.4 Å². The third kappa shape index (κ3) is 4.25. The first-order valence-corrected chi connectivity index (χ1v) is 6.66. The fourth-order valence-corrected chi connectivity index (χ4v) is 2.02. The van der Waals surface area contributed by atoms with Gasteiger partial charge in [0.25, 0.3) is 0 Å². The van der Waals surface area contributed by atoms with Crippen LogP contribution >= 0.6 is 15.9 Å². The molecule has 0 fully saturated rings. The minimum atomic E-state index is -0.357. The summed E-state index contributed by atoms with van der Waals surface area (Å²) in [5.74, 6) is -0.344. The Labute approximate surface area is 115 Å². The Hall–Kier alpha value is -1.17. The van der Waals surface area contributed by atoms with Crippen molar-refractivity contribution >= 4 is 27.7 Å². The summed E-state index contributed by atoms with van der Waals surface area (Å²) in [6.07, 6.45) is 3.28. The highest BCUT2D eigenvalue weighted by Gasteiger charge is 2.14. The zero-order valence-electron chi connectivity index (χ0n) is 10.6. The van der Waals surface area contributed by atoms with Crippen molar-refractivity contribution in [3.8, 4) is 0 Å². The van der Waals surface area contributed by atoms with Crippen LogP contribution < -0.4 is 0 Å². The SMILES string of the molecule is CCCn1ncc(Br)c1CC(=O)CCC(=O)OC. The monoisotopic (exact) mass is 316 g/mol. The van der Waals surface area contributed by atoms with Crippen molar-refractivity contribution in [3.63, 3.8) is 0 Å². The standard InChI is InChI=1S/C12H17BrN2O3/c1-3-6-15-11(10(13)8-14-15)7-9(16)4-5-12(17)18-2/h8H,3-7H2,1-2H3. The first-order chi connectivity index (χ1) is 8.58. The number of carbonyl (C=O) groups is 2. The fraction of sp³-hybridized carbons (Fsp3) is 0.583. The molecule has 0 aliphatic rings. The maximum atomic E-state index is 11.8. The molecule has 0 atom stereocenters. The van der Waals surface area contributed by atoms with E-state index in [-0.39, 0.29) is 31.0 Å². The number of nitrogens with zero attached hydrogens (tertiary/aromatic N) is 2. The molecular formula is C12H17BrN2O3. The Morgan fingerprint density at radius 3 is 2.78 bits per heavy atom. The molecule has 0 spiro atoms. The molecule has 0 amide bonds. The van der Waals surface area contributed by atoms with Crippen LogP contribution in [-0.4, -0.2) is 28.6 Å². The molecule has 6 heteroatoms. The van der Waals surface area contributed by atoms with Crippen molar-refractivity contribution in [2.24, 2.45) is 0 Å². The molecule has 100 valence electrons. The summed E-state index contributed by atoms with van der Waals surface area (Å²) < 4.78 is 7.16. The lowest BCUT2D eigenvalue weighted by Gasteiger charge is -2.06. The van der Waals surface area contributed by atoms with E-state index in [4.69, 9.17) is 0 Å². The number of aryl methyl sites for hydroxylation is 1. The Bertz CT molecular complexity index is 429. The molecule has 0 unspecified atom stereocenters. The number of hydrogen-bond donors (Lipinski definition) is 0. The Morgan fingerprint density at radius 2 is 2.17 bits per heavy atom. The van der Waals surface area contributed by atoms with E-state index in [9.17, 15) is 9.59 Å². The van der Waals surface area contributed by atoms with Crippen LogP contribution in [0, 0.1) is 0 Å². The molecule has 0 aliphatic heterocycles.